The van der Waals surface area contributed by atoms with Crippen molar-refractivity contribution in [1.29, 1.82) is 0 Å². The van der Waals surface area contributed by atoms with Crippen LogP contribution in [-0.2, 0) is 22.6 Å². The van der Waals surface area contributed by atoms with Crippen LogP contribution in [0.3, 0.4) is 0 Å². The molecule has 0 saturated heterocycles. The fourth-order valence-corrected chi connectivity index (χ4v) is 3.81. The second kappa shape index (κ2) is 10.0. The molecule has 0 spiro atoms. The standard InChI is InChI=1S/C17H27N3O2S.ClH/c1-3-5-13(18)16(21)19-14(6-4-2)17(22)20-9-7-15-12(11-20)8-10-23-15;/h8,10,13-14H,3-7,9,11,18H2,1-2H3,(H,19,21);1H. The highest BCUT2D eigenvalue weighted by molar-refractivity contribution is 7.10. The smallest absolute Gasteiger partial charge is 0.245 e. The summed E-state index contributed by atoms with van der Waals surface area (Å²) in [5, 5.41) is 4.94. The highest BCUT2D eigenvalue weighted by Crippen LogP contribution is 2.24. The highest BCUT2D eigenvalue weighted by atomic mass is 35.5. The third-order valence-corrected chi connectivity index (χ3v) is 5.27. The average molecular weight is 374 g/mol. The van der Waals surface area contributed by atoms with E-state index in [9.17, 15) is 9.59 Å². The lowest BCUT2D eigenvalue weighted by Gasteiger charge is -2.31. The average Bonchev–Trinajstić information content (AvgIpc) is 3.01. The number of hydrogen-bond donors (Lipinski definition) is 2. The van der Waals surface area contributed by atoms with E-state index in [1.54, 1.807) is 11.3 Å². The molecule has 5 nitrogen and oxygen atoms in total. The monoisotopic (exact) mass is 373 g/mol. The van der Waals surface area contributed by atoms with Gasteiger partial charge in [-0.3, -0.25) is 9.59 Å². The summed E-state index contributed by atoms with van der Waals surface area (Å²) in [6, 6.07) is 1.09. The van der Waals surface area contributed by atoms with E-state index in [2.05, 4.69) is 16.8 Å². The molecule has 0 aromatic carbocycles. The molecule has 3 N–H and O–H groups in total. The molecule has 1 aromatic rings. The van der Waals surface area contributed by atoms with Gasteiger partial charge in [-0.2, -0.15) is 0 Å². The third kappa shape index (κ3) is 5.19. The molecule has 2 rings (SSSR count). The van der Waals surface area contributed by atoms with Crippen LogP contribution in [0, 0.1) is 0 Å². The highest BCUT2D eigenvalue weighted by Gasteiger charge is 2.29. The summed E-state index contributed by atoms with van der Waals surface area (Å²) >= 11 is 1.75. The Morgan fingerprint density at radius 2 is 2.04 bits per heavy atom. The molecule has 2 heterocycles. The molecule has 0 bridgehead atoms. The van der Waals surface area contributed by atoms with E-state index < -0.39 is 12.1 Å². The Morgan fingerprint density at radius 1 is 1.33 bits per heavy atom. The van der Waals surface area contributed by atoms with Crippen LogP contribution in [0.15, 0.2) is 11.4 Å². The summed E-state index contributed by atoms with van der Waals surface area (Å²) in [6.45, 7) is 5.39. The number of carbonyl (C=O) groups is 2. The molecule has 0 radical (unpaired) electrons. The van der Waals surface area contributed by atoms with E-state index in [0.717, 1.165) is 25.8 Å². The lowest BCUT2D eigenvalue weighted by molar-refractivity contribution is -0.137. The Balaban J connectivity index is 0.00000288. The number of nitrogens with two attached hydrogens (primary N) is 1. The molecular formula is C17H28ClN3O2S. The van der Waals surface area contributed by atoms with Gasteiger partial charge in [-0.15, -0.1) is 23.7 Å². The Kier molecular flexibility index (Phi) is 8.73. The molecule has 0 aliphatic carbocycles. The van der Waals surface area contributed by atoms with Gasteiger partial charge in [0.2, 0.25) is 11.8 Å². The first-order valence-electron chi connectivity index (χ1n) is 8.46. The normalized spacial score (nSPS) is 15.9. The van der Waals surface area contributed by atoms with Gasteiger partial charge in [0.25, 0.3) is 0 Å². The van der Waals surface area contributed by atoms with E-state index in [-0.39, 0.29) is 24.2 Å². The van der Waals surface area contributed by atoms with Crippen molar-refractivity contribution < 1.29 is 9.59 Å². The van der Waals surface area contributed by atoms with Crippen molar-refractivity contribution in [3.63, 3.8) is 0 Å². The number of carbonyl (C=O) groups excluding carboxylic acids is 2. The molecule has 2 amide bonds. The fourth-order valence-electron chi connectivity index (χ4n) is 2.92. The van der Waals surface area contributed by atoms with Gasteiger partial charge in [0.05, 0.1) is 6.04 Å². The number of hydrogen-bond acceptors (Lipinski definition) is 4. The zero-order valence-electron chi connectivity index (χ0n) is 14.4. The molecule has 7 heteroatoms. The predicted molar refractivity (Wildman–Crippen MR) is 100 cm³/mol. The number of nitrogens with zero attached hydrogens (tertiary/aromatic N) is 1. The van der Waals surface area contributed by atoms with Crippen LogP contribution >= 0.6 is 23.7 Å². The van der Waals surface area contributed by atoms with E-state index in [4.69, 9.17) is 5.73 Å². The van der Waals surface area contributed by atoms with Crippen LogP contribution in [0.2, 0.25) is 0 Å². The lowest BCUT2D eigenvalue weighted by Crippen LogP contribution is -2.53. The molecule has 1 aliphatic rings. The maximum atomic E-state index is 12.8. The van der Waals surface area contributed by atoms with Crippen LogP contribution in [-0.4, -0.2) is 35.3 Å². The quantitative estimate of drug-likeness (QED) is 0.770. The van der Waals surface area contributed by atoms with Crippen LogP contribution in [0.4, 0.5) is 0 Å². The van der Waals surface area contributed by atoms with Gasteiger partial charge in [0.1, 0.15) is 6.04 Å². The van der Waals surface area contributed by atoms with E-state index >= 15 is 0 Å². The van der Waals surface area contributed by atoms with Gasteiger partial charge in [0, 0.05) is 18.0 Å². The molecule has 2 atom stereocenters. The molecule has 0 saturated carbocycles. The summed E-state index contributed by atoms with van der Waals surface area (Å²) in [4.78, 5) is 28.2. The van der Waals surface area contributed by atoms with Gasteiger partial charge in [0.15, 0.2) is 0 Å². The molecule has 24 heavy (non-hydrogen) atoms. The van der Waals surface area contributed by atoms with Gasteiger partial charge < -0.3 is 16.0 Å². The molecular weight excluding hydrogens is 346 g/mol. The third-order valence-electron chi connectivity index (χ3n) is 4.25. The van der Waals surface area contributed by atoms with Crippen molar-refractivity contribution in [2.75, 3.05) is 6.54 Å². The van der Waals surface area contributed by atoms with Gasteiger partial charge in [-0.05, 0) is 36.3 Å². The Morgan fingerprint density at radius 3 is 2.71 bits per heavy atom. The van der Waals surface area contributed by atoms with E-state index in [0.29, 0.717) is 19.4 Å². The largest absolute Gasteiger partial charge is 0.343 e. The Labute approximate surface area is 154 Å². The number of amides is 2. The van der Waals surface area contributed by atoms with Crippen LogP contribution in [0.1, 0.15) is 50.0 Å². The summed E-state index contributed by atoms with van der Waals surface area (Å²) in [5.41, 5.74) is 7.10. The van der Waals surface area contributed by atoms with E-state index in [1.165, 1.54) is 10.4 Å². The molecule has 136 valence electrons. The van der Waals surface area contributed by atoms with Crippen molar-refractivity contribution in [2.45, 2.75) is 64.6 Å². The lowest BCUT2D eigenvalue weighted by atomic mass is 10.1. The Bertz CT molecular complexity index is 550. The van der Waals surface area contributed by atoms with Gasteiger partial charge in [-0.1, -0.05) is 26.7 Å². The van der Waals surface area contributed by atoms with E-state index in [1.807, 2.05) is 18.7 Å². The first kappa shape index (κ1) is 20.9. The van der Waals surface area contributed by atoms with Crippen LogP contribution < -0.4 is 11.1 Å². The summed E-state index contributed by atoms with van der Waals surface area (Å²) in [7, 11) is 0. The molecule has 2 unspecified atom stereocenters. The number of rotatable bonds is 7. The van der Waals surface area contributed by atoms with Crippen molar-refractivity contribution >= 4 is 35.6 Å². The molecule has 1 aromatic heterocycles. The summed E-state index contributed by atoms with van der Waals surface area (Å²) < 4.78 is 0. The minimum Gasteiger partial charge on any atom is -0.343 e. The SMILES string of the molecule is CCCC(N)C(=O)NC(CCC)C(=O)N1CCc2sccc2C1.Cl. The maximum Gasteiger partial charge on any atom is 0.245 e. The first-order chi connectivity index (χ1) is 11.1. The Hall–Kier alpha value is -1.11. The zero-order chi connectivity index (χ0) is 16.8. The number of nitrogens with one attached hydrogen (secondary N) is 1. The minimum atomic E-state index is -0.531. The van der Waals surface area contributed by atoms with Crippen LogP contribution in [0.5, 0.6) is 0 Å². The summed E-state index contributed by atoms with van der Waals surface area (Å²) in [6.07, 6.45) is 3.89. The molecule has 0 fully saturated rings. The fraction of sp³-hybridized carbons (Fsp3) is 0.647. The number of thiophene rings is 1. The van der Waals surface area contributed by atoms with Crippen molar-refractivity contribution in [2.24, 2.45) is 5.73 Å². The predicted octanol–water partition coefficient (Wildman–Crippen LogP) is 2.47. The maximum absolute atomic E-state index is 12.8. The second-order valence-electron chi connectivity index (χ2n) is 6.12. The topological polar surface area (TPSA) is 75.4 Å². The number of fused-ring (bicyclic) bond motifs is 1. The zero-order valence-corrected chi connectivity index (χ0v) is 16.0. The van der Waals surface area contributed by atoms with Crippen molar-refractivity contribution in [1.82, 2.24) is 10.2 Å². The molecule has 1 aliphatic heterocycles. The first-order valence-corrected chi connectivity index (χ1v) is 9.34. The minimum absolute atomic E-state index is 0. The second-order valence-corrected chi connectivity index (χ2v) is 7.12. The summed E-state index contributed by atoms with van der Waals surface area (Å²) in [5.74, 6) is -0.201. The van der Waals surface area contributed by atoms with Crippen molar-refractivity contribution in [3.05, 3.63) is 21.9 Å². The van der Waals surface area contributed by atoms with Crippen molar-refractivity contribution in [3.8, 4) is 0 Å². The van der Waals surface area contributed by atoms with Gasteiger partial charge in [-0.25, -0.2) is 0 Å². The van der Waals surface area contributed by atoms with Crippen LogP contribution in [0.25, 0.3) is 0 Å². The van der Waals surface area contributed by atoms with Gasteiger partial charge >= 0.3 is 0 Å². The number of halogens is 1.